The minimum absolute atomic E-state index is 0. The van der Waals surface area contributed by atoms with E-state index in [1.54, 1.807) is 18.2 Å². The molecule has 5 N–H and O–H groups in total. The van der Waals surface area contributed by atoms with Gasteiger partial charge in [-0.05, 0) is 37.5 Å². The summed E-state index contributed by atoms with van der Waals surface area (Å²) in [5.74, 6) is -0.770. The number of halogens is 1. The molecular weight excluding hydrogens is 266 g/mol. The second-order valence-electron chi connectivity index (χ2n) is 4.84. The standard InChI is InChI=1S/C13H17N3O2.ClH/c14-11(17)9-3-1-4-10(7-9)12(18)16-8-13(15)5-2-6-13;/h1,3-4,7H,2,5-6,8,15H2,(H2,14,17)(H,16,18);1H. The van der Waals surface area contributed by atoms with E-state index in [4.69, 9.17) is 11.5 Å². The zero-order valence-corrected chi connectivity index (χ0v) is 11.3. The van der Waals surface area contributed by atoms with Gasteiger partial charge >= 0.3 is 0 Å². The molecule has 6 heteroatoms. The number of carbonyl (C=O) groups excluding carboxylic acids is 2. The van der Waals surface area contributed by atoms with Gasteiger partial charge in [0.05, 0.1) is 0 Å². The van der Waals surface area contributed by atoms with Gasteiger partial charge in [-0.2, -0.15) is 0 Å². The van der Waals surface area contributed by atoms with Gasteiger partial charge < -0.3 is 16.8 Å². The van der Waals surface area contributed by atoms with Crippen molar-refractivity contribution in [3.8, 4) is 0 Å². The number of rotatable bonds is 4. The largest absolute Gasteiger partial charge is 0.366 e. The lowest BCUT2D eigenvalue weighted by Crippen LogP contribution is -2.54. The minimum Gasteiger partial charge on any atom is -0.366 e. The van der Waals surface area contributed by atoms with Gasteiger partial charge in [-0.25, -0.2) is 0 Å². The molecule has 104 valence electrons. The third-order valence-corrected chi connectivity index (χ3v) is 3.36. The zero-order valence-electron chi connectivity index (χ0n) is 10.5. The maximum Gasteiger partial charge on any atom is 0.251 e. The van der Waals surface area contributed by atoms with E-state index in [1.165, 1.54) is 6.07 Å². The normalized spacial score (nSPS) is 15.8. The van der Waals surface area contributed by atoms with E-state index in [-0.39, 0.29) is 23.9 Å². The molecule has 1 aliphatic rings. The molecule has 5 nitrogen and oxygen atoms in total. The highest BCUT2D eigenvalue weighted by Crippen LogP contribution is 2.28. The Morgan fingerprint density at radius 1 is 1.26 bits per heavy atom. The van der Waals surface area contributed by atoms with Gasteiger partial charge in [-0.1, -0.05) is 6.07 Å². The Kier molecular flexibility index (Phi) is 4.91. The van der Waals surface area contributed by atoms with E-state index in [0.29, 0.717) is 17.7 Å². The van der Waals surface area contributed by atoms with Crippen molar-refractivity contribution in [1.82, 2.24) is 5.32 Å². The van der Waals surface area contributed by atoms with Crippen molar-refractivity contribution in [2.75, 3.05) is 6.54 Å². The van der Waals surface area contributed by atoms with Gasteiger partial charge in [0.15, 0.2) is 0 Å². The number of amides is 2. The Labute approximate surface area is 118 Å². The first-order valence-electron chi connectivity index (χ1n) is 5.97. The van der Waals surface area contributed by atoms with Crippen molar-refractivity contribution in [3.63, 3.8) is 0 Å². The Morgan fingerprint density at radius 3 is 2.42 bits per heavy atom. The first-order valence-corrected chi connectivity index (χ1v) is 5.97. The Bertz CT molecular complexity index is 487. The molecule has 1 aromatic rings. The predicted octanol–water partition coefficient (Wildman–Crippen LogP) is 0.818. The zero-order chi connectivity index (χ0) is 13.2. The summed E-state index contributed by atoms with van der Waals surface area (Å²) in [4.78, 5) is 22.9. The molecule has 19 heavy (non-hydrogen) atoms. The van der Waals surface area contributed by atoms with Crippen molar-refractivity contribution < 1.29 is 9.59 Å². The van der Waals surface area contributed by atoms with Gasteiger partial charge in [0, 0.05) is 23.2 Å². The molecule has 0 aromatic heterocycles. The molecular formula is C13H18ClN3O2. The van der Waals surface area contributed by atoms with Crippen LogP contribution in [0.4, 0.5) is 0 Å². The van der Waals surface area contributed by atoms with E-state index in [2.05, 4.69) is 5.32 Å². The van der Waals surface area contributed by atoms with Crippen LogP contribution in [0.15, 0.2) is 24.3 Å². The van der Waals surface area contributed by atoms with Crippen LogP contribution in [0.3, 0.4) is 0 Å². The van der Waals surface area contributed by atoms with Crippen LogP contribution < -0.4 is 16.8 Å². The van der Waals surface area contributed by atoms with Crippen molar-refractivity contribution in [2.45, 2.75) is 24.8 Å². The summed E-state index contributed by atoms with van der Waals surface area (Å²) in [6.45, 7) is 0.465. The smallest absolute Gasteiger partial charge is 0.251 e. The number of carbonyl (C=O) groups is 2. The van der Waals surface area contributed by atoms with Gasteiger partial charge in [0.1, 0.15) is 0 Å². The van der Waals surface area contributed by atoms with Crippen LogP contribution in [-0.2, 0) is 0 Å². The number of hydrogen-bond acceptors (Lipinski definition) is 3. The minimum atomic E-state index is -0.543. The SMILES string of the molecule is Cl.NC(=O)c1cccc(C(=O)NCC2(N)CCC2)c1. The summed E-state index contributed by atoms with van der Waals surface area (Å²) in [6.07, 6.45) is 2.99. The van der Waals surface area contributed by atoms with Crippen LogP contribution in [-0.4, -0.2) is 23.9 Å². The average molecular weight is 284 g/mol. The molecule has 0 spiro atoms. The lowest BCUT2D eigenvalue weighted by molar-refractivity contribution is 0.0930. The van der Waals surface area contributed by atoms with Crippen molar-refractivity contribution in [3.05, 3.63) is 35.4 Å². The second-order valence-corrected chi connectivity index (χ2v) is 4.84. The Balaban J connectivity index is 0.00000180. The molecule has 0 radical (unpaired) electrons. The van der Waals surface area contributed by atoms with Crippen LogP contribution in [0.1, 0.15) is 40.0 Å². The quantitative estimate of drug-likeness (QED) is 0.763. The monoisotopic (exact) mass is 283 g/mol. The number of nitrogens with two attached hydrogens (primary N) is 2. The molecule has 0 atom stereocenters. The topological polar surface area (TPSA) is 98.2 Å². The molecule has 0 unspecified atom stereocenters. The summed E-state index contributed by atoms with van der Waals surface area (Å²) in [6, 6.07) is 6.35. The Hall–Kier alpha value is -1.59. The molecule has 1 saturated carbocycles. The Morgan fingerprint density at radius 2 is 1.89 bits per heavy atom. The first-order chi connectivity index (χ1) is 8.50. The van der Waals surface area contributed by atoms with E-state index in [0.717, 1.165) is 19.3 Å². The number of hydrogen-bond donors (Lipinski definition) is 3. The van der Waals surface area contributed by atoms with Crippen LogP contribution in [0.25, 0.3) is 0 Å². The highest BCUT2D eigenvalue weighted by molar-refractivity contribution is 5.99. The number of primary amides is 1. The molecule has 2 amide bonds. The highest BCUT2D eigenvalue weighted by Gasteiger charge is 2.32. The van der Waals surface area contributed by atoms with Crippen molar-refractivity contribution in [2.24, 2.45) is 11.5 Å². The molecule has 0 saturated heterocycles. The average Bonchev–Trinajstić information content (AvgIpc) is 2.33. The van der Waals surface area contributed by atoms with Gasteiger partial charge in [-0.3, -0.25) is 9.59 Å². The third-order valence-electron chi connectivity index (χ3n) is 3.36. The molecule has 1 fully saturated rings. The van der Waals surface area contributed by atoms with Gasteiger partial charge in [0.2, 0.25) is 5.91 Å². The second kappa shape index (κ2) is 6.04. The predicted molar refractivity (Wildman–Crippen MR) is 75.3 cm³/mol. The lowest BCUT2D eigenvalue weighted by atomic mass is 9.78. The molecule has 2 rings (SSSR count). The van der Waals surface area contributed by atoms with Crippen LogP contribution in [0.5, 0.6) is 0 Å². The fourth-order valence-electron chi connectivity index (χ4n) is 1.98. The maximum atomic E-state index is 11.9. The third kappa shape index (κ3) is 3.68. The fraction of sp³-hybridized carbons (Fsp3) is 0.385. The number of benzene rings is 1. The summed E-state index contributed by atoms with van der Waals surface area (Å²) < 4.78 is 0. The van der Waals surface area contributed by atoms with Crippen LogP contribution in [0.2, 0.25) is 0 Å². The summed E-state index contributed by atoms with van der Waals surface area (Å²) in [5, 5.41) is 2.79. The molecule has 0 bridgehead atoms. The van der Waals surface area contributed by atoms with Crippen molar-refractivity contribution >= 4 is 24.2 Å². The molecule has 1 aromatic carbocycles. The van der Waals surface area contributed by atoms with Gasteiger partial charge in [-0.15, -0.1) is 12.4 Å². The molecule has 0 aliphatic heterocycles. The van der Waals surface area contributed by atoms with E-state index >= 15 is 0 Å². The van der Waals surface area contributed by atoms with Crippen LogP contribution in [0, 0.1) is 0 Å². The van der Waals surface area contributed by atoms with Crippen molar-refractivity contribution in [1.29, 1.82) is 0 Å². The van der Waals surface area contributed by atoms with E-state index in [1.807, 2.05) is 0 Å². The summed E-state index contributed by atoms with van der Waals surface area (Å²) in [5.41, 5.74) is 11.7. The number of nitrogens with one attached hydrogen (secondary N) is 1. The van der Waals surface area contributed by atoms with E-state index < -0.39 is 5.91 Å². The highest BCUT2D eigenvalue weighted by atomic mass is 35.5. The van der Waals surface area contributed by atoms with Gasteiger partial charge in [0.25, 0.3) is 5.91 Å². The lowest BCUT2D eigenvalue weighted by Gasteiger charge is -2.38. The molecule has 1 aliphatic carbocycles. The fourth-order valence-corrected chi connectivity index (χ4v) is 1.98. The maximum absolute atomic E-state index is 11.9. The first kappa shape index (κ1) is 15.5. The summed E-state index contributed by atoms with van der Waals surface area (Å²) >= 11 is 0. The van der Waals surface area contributed by atoms with E-state index in [9.17, 15) is 9.59 Å². The summed E-state index contributed by atoms with van der Waals surface area (Å²) in [7, 11) is 0. The van der Waals surface area contributed by atoms with Crippen LogP contribution >= 0.6 is 12.4 Å². The molecule has 0 heterocycles.